The highest BCUT2D eigenvalue weighted by Crippen LogP contribution is 2.32. The molecule has 1 heterocycles. The van der Waals surface area contributed by atoms with Crippen molar-refractivity contribution >= 4 is 0 Å². The van der Waals surface area contributed by atoms with E-state index < -0.39 is 0 Å². The Bertz CT molecular complexity index is 448. The number of fused-ring (bicyclic) bond motifs is 1. The highest BCUT2D eigenvalue weighted by Gasteiger charge is 2.18. The lowest BCUT2D eigenvalue weighted by molar-refractivity contribution is 0.171. The molecule has 0 amide bonds. The van der Waals surface area contributed by atoms with Gasteiger partial charge in [-0.2, -0.15) is 0 Å². The fraction of sp³-hybridized carbons (Fsp3) is 0.647. The van der Waals surface area contributed by atoms with Crippen molar-refractivity contribution in [2.45, 2.75) is 39.3 Å². The molecule has 0 bridgehead atoms. The summed E-state index contributed by atoms with van der Waals surface area (Å²) in [4.78, 5) is 2.37. The molecular formula is C17H28N2O2. The zero-order chi connectivity index (χ0) is 15.2. The molecule has 1 N–H and O–H groups in total. The van der Waals surface area contributed by atoms with Crippen LogP contribution in [0, 0.1) is 0 Å². The molecule has 0 aliphatic carbocycles. The first-order valence-corrected chi connectivity index (χ1v) is 7.95. The molecule has 118 valence electrons. The largest absolute Gasteiger partial charge is 0.486 e. The van der Waals surface area contributed by atoms with Gasteiger partial charge < -0.3 is 19.7 Å². The summed E-state index contributed by atoms with van der Waals surface area (Å²) in [5.74, 6) is 1.73. The van der Waals surface area contributed by atoms with E-state index in [9.17, 15) is 0 Å². The summed E-state index contributed by atoms with van der Waals surface area (Å²) in [7, 11) is 2.17. The van der Waals surface area contributed by atoms with Crippen molar-refractivity contribution in [3.63, 3.8) is 0 Å². The van der Waals surface area contributed by atoms with Gasteiger partial charge in [0.1, 0.15) is 13.2 Å². The lowest BCUT2D eigenvalue weighted by atomic mass is 10.0. The van der Waals surface area contributed by atoms with Gasteiger partial charge in [0.2, 0.25) is 0 Å². The normalized spacial score (nSPS) is 15.5. The molecule has 0 radical (unpaired) electrons. The van der Waals surface area contributed by atoms with Gasteiger partial charge >= 0.3 is 0 Å². The van der Waals surface area contributed by atoms with E-state index in [0.717, 1.165) is 31.0 Å². The fourth-order valence-corrected chi connectivity index (χ4v) is 2.38. The summed E-state index contributed by atoms with van der Waals surface area (Å²) in [6, 6.07) is 7.14. The van der Waals surface area contributed by atoms with Crippen LogP contribution in [0.25, 0.3) is 0 Å². The van der Waals surface area contributed by atoms with Gasteiger partial charge in [-0.05, 0) is 51.6 Å². The average Bonchev–Trinajstić information content (AvgIpc) is 2.50. The molecule has 1 aromatic rings. The Labute approximate surface area is 128 Å². The summed E-state index contributed by atoms with van der Waals surface area (Å²) in [5.41, 5.74) is 1.26. The van der Waals surface area contributed by atoms with Gasteiger partial charge in [-0.25, -0.2) is 0 Å². The van der Waals surface area contributed by atoms with E-state index >= 15 is 0 Å². The van der Waals surface area contributed by atoms with Crippen LogP contribution < -0.4 is 14.8 Å². The minimum absolute atomic E-state index is 0.313. The predicted molar refractivity (Wildman–Crippen MR) is 86.2 cm³/mol. The van der Waals surface area contributed by atoms with E-state index in [0.29, 0.717) is 25.3 Å². The van der Waals surface area contributed by atoms with Crippen LogP contribution >= 0.6 is 0 Å². The standard InChI is InChI=1S/C17H28N2O2/c1-5-8-18-15(12-19(4)13(2)3)14-6-7-16-17(11-14)21-10-9-20-16/h6-7,11,13,15,18H,5,8-10,12H2,1-4H3. The molecule has 4 nitrogen and oxygen atoms in total. The molecule has 0 aromatic heterocycles. The fourth-order valence-electron chi connectivity index (χ4n) is 2.38. The quantitative estimate of drug-likeness (QED) is 0.838. The summed E-state index contributed by atoms with van der Waals surface area (Å²) < 4.78 is 11.3. The van der Waals surface area contributed by atoms with Crippen molar-refractivity contribution in [2.75, 3.05) is 33.4 Å². The van der Waals surface area contributed by atoms with E-state index in [2.05, 4.69) is 50.2 Å². The Morgan fingerprint density at radius 3 is 2.57 bits per heavy atom. The maximum atomic E-state index is 5.70. The second kappa shape index (κ2) is 7.66. The number of hydrogen-bond acceptors (Lipinski definition) is 4. The Kier molecular flexibility index (Phi) is 5.88. The van der Waals surface area contributed by atoms with E-state index in [1.807, 2.05) is 6.07 Å². The summed E-state index contributed by atoms with van der Waals surface area (Å²) in [5, 5.41) is 3.64. The van der Waals surface area contributed by atoms with Crippen molar-refractivity contribution in [3.05, 3.63) is 23.8 Å². The van der Waals surface area contributed by atoms with E-state index in [4.69, 9.17) is 9.47 Å². The lowest BCUT2D eigenvalue weighted by Crippen LogP contribution is -2.37. The maximum Gasteiger partial charge on any atom is 0.161 e. The summed E-state index contributed by atoms with van der Waals surface area (Å²) in [6.07, 6.45) is 1.13. The van der Waals surface area contributed by atoms with Crippen LogP contribution in [0.5, 0.6) is 11.5 Å². The second-order valence-electron chi connectivity index (χ2n) is 5.94. The molecule has 2 rings (SSSR count). The van der Waals surface area contributed by atoms with Crippen molar-refractivity contribution in [1.82, 2.24) is 10.2 Å². The number of rotatable bonds is 7. The highest BCUT2D eigenvalue weighted by molar-refractivity contribution is 5.44. The minimum Gasteiger partial charge on any atom is -0.486 e. The van der Waals surface area contributed by atoms with Gasteiger partial charge in [0.25, 0.3) is 0 Å². The first-order chi connectivity index (χ1) is 10.1. The number of nitrogens with zero attached hydrogens (tertiary/aromatic N) is 1. The predicted octanol–water partition coefficient (Wildman–Crippen LogP) is 2.84. The molecule has 0 spiro atoms. The SMILES string of the molecule is CCCNC(CN(C)C(C)C)c1ccc2c(c1)OCCO2. The average molecular weight is 292 g/mol. The molecule has 0 fully saturated rings. The molecule has 1 atom stereocenters. The van der Waals surface area contributed by atoms with Crippen molar-refractivity contribution < 1.29 is 9.47 Å². The van der Waals surface area contributed by atoms with Crippen LogP contribution in [0.3, 0.4) is 0 Å². The molecule has 1 aliphatic rings. The van der Waals surface area contributed by atoms with Crippen molar-refractivity contribution in [2.24, 2.45) is 0 Å². The first kappa shape index (κ1) is 16.1. The van der Waals surface area contributed by atoms with E-state index in [1.165, 1.54) is 5.56 Å². The van der Waals surface area contributed by atoms with Crippen LogP contribution in [0.4, 0.5) is 0 Å². The molecule has 0 saturated carbocycles. The molecule has 1 aliphatic heterocycles. The van der Waals surface area contributed by atoms with Gasteiger partial charge in [0, 0.05) is 18.6 Å². The van der Waals surface area contributed by atoms with E-state index in [1.54, 1.807) is 0 Å². The molecule has 1 aromatic carbocycles. The zero-order valence-corrected chi connectivity index (χ0v) is 13.7. The number of nitrogens with one attached hydrogen (secondary N) is 1. The summed E-state index contributed by atoms with van der Waals surface area (Å²) in [6.45, 7) is 9.92. The third-order valence-electron chi connectivity index (χ3n) is 3.96. The van der Waals surface area contributed by atoms with Gasteiger partial charge in [-0.1, -0.05) is 13.0 Å². The van der Waals surface area contributed by atoms with E-state index in [-0.39, 0.29) is 0 Å². The van der Waals surface area contributed by atoms with Crippen LogP contribution in [-0.2, 0) is 0 Å². The first-order valence-electron chi connectivity index (χ1n) is 7.95. The number of ether oxygens (including phenoxy) is 2. The molecule has 21 heavy (non-hydrogen) atoms. The molecule has 4 heteroatoms. The van der Waals surface area contributed by atoms with Crippen LogP contribution in [0.1, 0.15) is 38.8 Å². The zero-order valence-electron chi connectivity index (χ0n) is 13.7. The number of likely N-dealkylation sites (N-methyl/N-ethyl adjacent to an activating group) is 1. The highest BCUT2D eigenvalue weighted by atomic mass is 16.6. The summed E-state index contributed by atoms with van der Waals surface area (Å²) >= 11 is 0. The maximum absolute atomic E-state index is 5.70. The van der Waals surface area contributed by atoms with Gasteiger partial charge in [-0.15, -0.1) is 0 Å². The Hall–Kier alpha value is -1.26. The molecule has 0 saturated heterocycles. The number of hydrogen-bond donors (Lipinski definition) is 1. The number of benzene rings is 1. The minimum atomic E-state index is 0.313. The van der Waals surface area contributed by atoms with Crippen LogP contribution in [0.15, 0.2) is 18.2 Å². The van der Waals surface area contributed by atoms with Gasteiger partial charge in [0.15, 0.2) is 11.5 Å². The molecule has 1 unspecified atom stereocenters. The van der Waals surface area contributed by atoms with Crippen molar-refractivity contribution in [1.29, 1.82) is 0 Å². The third kappa shape index (κ3) is 4.35. The lowest BCUT2D eigenvalue weighted by Gasteiger charge is -2.29. The van der Waals surface area contributed by atoms with Crippen LogP contribution in [0.2, 0.25) is 0 Å². The van der Waals surface area contributed by atoms with Gasteiger partial charge in [-0.3, -0.25) is 0 Å². The Morgan fingerprint density at radius 1 is 1.19 bits per heavy atom. The molecular weight excluding hydrogens is 264 g/mol. The Morgan fingerprint density at radius 2 is 1.90 bits per heavy atom. The third-order valence-corrected chi connectivity index (χ3v) is 3.96. The van der Waals surface area contributed by atoms with Gasteiger partial charge in [0.05, 0.1) is 0 Å². The van der Waals surface area contributed by atoms with Crippen molar-refractivity contribution in [3.8, 4) is 11.5 Å². The van der Waals surface area contributed by atoms with Crippen LogP contribution in [-0.4, -0.2) is 44.3 Å². The topological polar surface area (TPSA) is 33.7 Å². The monoisotopic (exact) mass is 292 g/mol. The Balaban J connectivity index is 2.15. The smallest absolute Gasteiger partial charge is 0.161 e. The second-order valence-corrected chi connectivity index (χ2v) is 5.94.